The number of halogens is 2. The van der Waals surface area contributed by atoms with Crippen molar-refractivity contribution in [1.82, 2.24) is 9.55 Å². The van der Waals surface area contributed by atoms with Gasteiger partial charge >= 0.3 is 0 Å². The molecule has 0 saturated heterocycles. The second-order valence-electron chi connectivity index (χ2n) is 6.57. The Balaban J connectivity index is 1.52. The number of nitrogens with zero attached hydrogens (tertiary/aromatic N) is 2. The number of fused-ring (bicyclic) bond motifs is 1. The van der Waals surface area contributed by atoms with Crippen LogP contribution >= 0.6 is 23.2 Å². The zero-order valence-corrected chi connectivity index (χ0v) is 16.8. The van der Waals surface area contributed by atoms with Crippen LogP contribution < -0.4 is 4.74 Å². The lowest BCUT2D eigenvalue weighted by molar-refractivity contribution is 0.303. The quantitative estimate of drug-likeness (QED) is 0.310. The molecule has 3 aromatic carbocycles. The Hall–Kier alpha value is -2.49. The zero-order valence-electron chi connectivity index (χ0n) is 15.3. The molecular weight excluding hydrogens is 391 g/mol. The lowest BCUT2D eigenvalue weighted by Gasteiger charge is -2.11. The Morgan fingerprint density at radius 2 is 1.64 bits per heavy atom. The van der Waals surface area contributed by atoms with Gasteiger partial charge in [0.1, 0.15) is 11.6 Å². The van der Waals surface area contributed by atoms with Crippen molar-refractivity contribution in [3.05, 3.63) is 82.8 Å². The Morgan fingerprint density at radius 1 is 0.857 bits per heavy atom. The largest absolute Gasteiger partial charge is 0.494 e. The van der Waals surface area contributed by atoms with Crippen molar-refractivity contribution >= 4 is 34.2 Å². The molecule has 0 atom stereocenters. The van der Waals surface area contributed by atoms with Gasteiger partial charge in [0.25, 0.3) is 0 Å². The van der Waals surface area contributed by atoms with E-state index in [1.54, 1.807) is 6.07 Å². The zero-order chi connectivity index (χ0) is 19.3. The Kier molecular flexibility index (Phi) is 5.84. The predicted molar refractivity (Wildman–Crippen MR) is 116 cm³/mol. The molecule has 0 saturated carbocycles. The summed E-state index contributed by atoms with van der Waals surface area (Å²) in [5, 5.41) is 1.23. The van der Waals surface area contributed by atoms with Crippen molar-refractivity contribution in [2.45, 2.75) is 19.4 Å². The highest BCUT2D eigenvalue weighted by molar-refractivity contribution is 6.36. The van der Waals surface area contributed by atoms with E-state index >= 15 is 0 Å². The first kappa shape index (κ1) is 18.9. The molecule has 5 heteroatoms. The van der Waals surface area contributed by atoms with Gasteiger partial charge in [0.05, 0.1) is 22.7 Å². The van der Waals surface area contributed by atoms with Crippen LogP contribution in [0.4, 0.5) is 0 Å². The number of aromatic nitrogens is 2. The molecule has 0 bridgehead atoms. The summed E-state index contributed by atoms with van der Waals surface area (Å²) in [5.74, 6) is 1.77. The first-order valence-corrected chi connectivity index (χ1v) is 10.1. The number of hydrogen-bond acceptors (Lipinski definition) is 2. The molecule has 0 radical (unpaired) electrons. The molecule has 0 fully saturated rings. The molecule has 0 aliphatic rings. The van der Waals surface area contributed by atoms with E-state index in [0.29, 0.717) is 16.7 Å². The third-order valence-electron chi connectivity index (χ3n) is 4.61. The van der Waals surface area contributed by atoms with Gasteiger partial charge in [0.15, 0.2) is 0 Å². The molecule has 142 valence electrons. The van der Waals surface area contributed by atoms with E-state index in [1.165, 1.54) is 0 Å². The third-order valence-corrected chi connectivity index (χ3v) is 5.16. The van der Waals surface area contributed by atoms with Crippen molar-refractivity contribution in [1.29, 1.82) is 0 Å². The summed E-state index contributed by atoms with van der Waals surface area (Å²) in [5.41, 5.74) is 2.96. The third kappa shape index (κ3) is 4.16. The molecule has 1 heterocycles. The van der Waals surface area contributed by atoms with Gasteiger partial charge < -0.3 is 9.30 Å². The molecule has 4 aromatic rings. The molecular formula is C23H20Cl2N2O. The van der Waals surface area contributed by atoms with E-state index in [0.717, 1.165) is 47.6 Å². The van der Waals surface area contributed by atoms with Crippen LogP contribution in [-0.4, -0.2) is 16.2 Å². The maximum Gasteiger partial charge on any atom is 0.142 e. The summed E-state index contributed by atoms with van der Waals surface area (Å²) >= 11 is 12.5. The molecule has 0 N–H and O–H groups in total. The normalized spacial score (nSPS) is 11.1. The Bertz CT molecular complexity index is 1080. The average molecular weight is 411 g/mol. The summed E-state index contributed by atoms with van der Waals surface area (Å²) in [4.78, 5) is 4.82. The molecule has 0 spiro atoms. The minimum Gasteiger partial charge on any atom is -0.494 e. The molecule has 3 nitrogen and oxygen atoms in total. The molecule has 1 aromatic heterocycles. The summed E-state index contributed by atoms with van der Waals surface area (Å²) < 4.78 is 8.03. The number of imidazole rings is 1. The van der Waals surface area contributed by atoms with Gasteiger partial charge in [-0.15, -0.1) is 0 Å². The van der Waals surface area contributed by atoms with E-state index in [4.69, 9.17) is 32.9 Å². The van der Waals surface area contributed by atoms with Crippen LogP contribution in [-0.2, 0) is 6.54 Å². The maximum absolute atomic E-state index is 6.46. The van der Waals surface area contributed by atoms with E-state index in [-0.39, 0.29) is 0 Å². The second-order valence-corrected chi connectivity index (χ2v) is 7.41. The number of rotatable bonds is 7. The van der Waals surface area contributed by atoms with Crippen LogP contribution in [0.1, 0.15) is 12.8 Å². The van der Waals surface area contributed by atoms with Crippen LogP contribution in [0.15, 0.2) is 72.8 Å². The minimum atomic E-state index is 0.608. The highest BCUT2D eigenvalue weighted by Crippen LogP contribution is 2.32. The van der Waals surface area contributed by atoms with Crippen molar-refractivity contribution in [3.8, 4) is 17.1 Å². The summed E-state index contributed by atoms with van der Waals surface area (Å²) in [6.07, 6.45) is 1.93. The average Bonchev–Trinajstić information content (AvgIpc) is 3.07. The number of benzene rings is 3. The van der Waals surface area contributed by atoms with Crippen molar-refractivity contribution < 1.29 is 4.74 Å². The van der Waals surface area contributed by atoms with Gasteiger partial charge in [-0.25, -0.2) is 4.98 Å². The van der Waals surface area contributed by atoms with Crippen LogP contribution in [0.2, 0.25) is 10.0 Å². The Labute approximate surface area is 174 Å². The van der Waals surface area contributed by atoms with E-state index in [2.05, 4.69) is 10.6 Å². The summed E-state index contributed by atoms with van der Waals surface area (Å²) in [6.45, 7) is 1.53. The topological polar surface area (TPSA) is 27.1 Å². The SMILES string of the molecule is Clc1ccc(-c2nc3ccccc3n2CCCCOc2ccccc2)c(Cl)c1. The highest BCUT2D eigenvalue weighted by atomic mass is 35.5. The summed E-state index contributed by atoms with van der Waals surface area (Å²) in [6, 6.07) is 23.6. The van der Waals surface area contributed by atoms with Gasteiger partial charge in [0, 0.05) is 17.1 Å². The van der Waals surface area contributed by atoms with Gasteiger partial charge in [-0.05, 0) is 55.3 Å². The molecule has 0 aliphatic heterocycles. The van der Waals surface area contributed by atoms with Crippen LogP contribution in [0.25, 0.3) is 22.4 Å². The van der Waals surface area contributed by atoms with E-state index in [1.807, 2.05) is 60.7 Å². The van der Waals surface area contributed by atoms with Crippen molar-refractivity contribution in [3.63, 3.8) is 0 Å². The Morgan fingerprint density at radius 3 is 2.46 bits per heavy atom. The monoisotopic (exact) mass is 410 g/mol. The molecule has 0 aliphatic carbocycles. The smallest absolute Gasteiger partial charge is 0.142 e. The van der Waals surface area contributed by atoms with Gasteiger partial charge in [0.2, 0.25) is 0 Å². The first-order chi connectivity index (χ1) is 13.7. The van der Waals surface area contributed by atoms with Crippen LogP contribution in [0.3, 0.4) is 0 Å². The predicted octanol–water partition coefficient (Wildman–Crippen LogP) is 6.87. The highest BCUT2D eigenvalue weighted by Gasteiger charge is 2.15. The number of hydrogen-bond donors (Lipinski definition) is 0. The molecule has 28 heavy (non-hydrogen) atoms. The van der Waals surface area contributed by atoms with Gasteiger partial charge in [-0.3, -0.25) is 0 Å². The lowest BCUT2D eigenvalue weighted by atomic mass is 10.2. The minimum absolute atomic E-state index is 0.608. The summed E-state index contributed by atoms with van der Waals surface area (Å²) in [7, 11) is 0. The van der Waals surface area contributed by atoms with Crippen LogP contribution in [0, 0.1) is 0 Å². The number of unbranched alkanes of at least 4 members (excludes halogenated alkanes) is 1. The van der Waals surface area contributed by atoms with Crippen molar-refractivity contribution in [2.24, 2.45) is 0 Å². The number of ether oxygens (including phenoxy) is 1. The first-order valence-electron chi connectivity index (χ1n) is 9.31. The fraction of sp³-hybridized carbons (Fsp3) is 0.174. The molecule has 4 rings (SSSR count). The standard InChI is InChI=1S/C23H20Cl2N2O/c24-17-12-13-19(20(25)16-17)23-26-21-10-4-5-11-22(21)27(23)14-6-7-15-28-18-8-2-1-3-9-18/h1-5,8-13,16H,6-7,14-15H2. The lowest BCUT2D eigenvalue weighted by Crippen LogP contribution is -2.04. The fourth-order valence-electron chi connectivity index (χ4n) is 3.26. The molecule has 0 amide bonds. The van der Waals surface area contributed by atoms with Crippen LogP contribution in [0.5, 0.6) is 5.75 Å². The maximum atomic E-state index is 6.46. The number of aryl methyl sites for hydroxylation is 1. The van der Waals surface area contributed by atoms with Gasteiger partial charge in [-0.1, -0.05) is 53.5 Å². The number of para-hydroxylation sites is 3. The molecule has 0 unspecified atom stereocenters. The fourth-order valence-corrected chi connectivity index (χ4v) is 3.75. The van der Waals surface area contributed by atoms with E-state index in [9.17, 15) is 0 Å². The second kappa shape index (κ2) is 8.68. The van der Waals surface area contributed by atoms with Crippen molar-refractivity contribution in [2.75, 3.05) is 6.61 Å². The van der Waals surface area contributed by atoms with E-state index < -0.39 is 0 Å². The van der Waals surface area contributed by atoms with Gasteiger partial charge in [-0.2, -0.15) is 0 Å².